The number of aliphatic hydroxyl groups is 3. The molecule has 3 aromatic rings. The molecule has 3 rings (SSSR count). The van der Waals surface area contributed by atoms with Gasteiger partial charge in [-0.1, -0.05) is 24.3 Å². The Morgan fingerprint density at radius 1 is 1.12 bits per heavy atom. The van der Waals surface area contributed by atoms with Gasteiger partial charge in [0.25, 0.3) is 5.91 Å². The molecule has 1 aromatic heterocycles. The molecule has 0 aliphatic heterocycles. The van der Waals surface area contributed by atoms with Gasteiger partial charge < -0.3 is 35.8 Å². The average molecular weight is 601 g/mol. The van der Waals surface area contributed by atoms with Crippen molar-refractivity contribution in [2.24, 2.45) is 11.7 Å². The SMILES string of the molecule is CC(C)(O)CCC(CC(OC(=O)OCC(O)CO)[C@H](Cc1cccc(F)c1)NC(=O)c1cnc2ccccc2n1)C(N)=O. The Bertz CT molecular complexity index is 1400. The maximum Gasteiger partial charge on any atom is 0.508 e. The van der Waals surface area contributed by atoms with E-state index < -0.39 is 66.8 Å². The van der Waals surface area contributed by atoms with Crippen LogP contribution in [0.5, 0.6) is 0 Å². The van der Waals surface area contributed by atoms with E-state index in [4.69, 9.17) is 20.3 Å². The first-order chi connectivity index (χ1) is 20.3. The van der Waals surface area contributed by atoms with Crippen molar-refractivity contribution in [3.63, 3.8) is 0 Å². The Morgan fingerprint density at radius 2 is 1.84 bits per heavy atom. The topological polar surface area (TPSA) is 194 Å². The second-order valence-corrected chi connectivity index (χ2v) is 10.9. The molecular weight excluding hydrogens is 563 g/mol. The highest BCUT2D eigenvalue weighted by Crippen LogP contribution is 2.24. The molecule has 0 saturated heterocycles. The van der Waals surface area contributed by atoms with Gasteiger partial charge in [-0.2, -0.15) is 0 Å². The van der Waals surface area contributed by atoms with Crippen LogP contribution < -0.4 is 11.1 Å². The Morgan fingerprint density at radius 3 is 2.49 bits per heavy atom. The summed E-state index contributed by atoms with van der Waals surface area (Å²) in [7, 11) is 0. The zero-order chi connectivity index (χ0) is 31.6. The third-order valence-electron chi connectivity index (χ3n) is 6.67. The smallest absolute Gasteiger partial charge is 0.431 e. The first kappa shape index (κ1) is 33.3. The maximum absolute atomic E-state index is 14.1. The number of nitrogens with zero attached hydrogens (tertiary/aromatic N) is 2. The molecule has 0 spiro atoms. The number of carbonyl (C=O) groups is 3. The monoisotopic (exact) mass is 600 g/mol. The van der Waals surface area contributed by atoms with E-state index in [-0.39, 0.29) is 31.4 Å². The van der Waals surface area contributed by atoms with Crippen LogP contribution in [0.2, 0.25) is 0 Å². The lowest BCUT2D eigenvalue weighted by atomic mass is 9.87. The number of hydrogen-bond donors (Lipinski definition) is 5. The van der Waals surface area contributed by atoms with E-state index in [1.165, 1.54) is 24.4 Å². The molecule has 0 bridgehead atoms. The van der Waals surface area contributed by atoms with Crippen molar-refractivity contribution in [1.82, 2.24) is 15.3 Å². The lowest BCUT2D eigenvalue weighted by molar-refractivity contribution is -0.123. The Kier molecular flexibility index (Phi) is 11.9. The molecule has 4 atom stereocenters. The number of para-hydroxylation sites is 2. The van der Waals surface area contributed by atoms with Crippen LogP contribution in [0.4, 0.5) is 9.18 Å². The average Bonchev–Trinajstić information content (AvgIpc) is 2.96. The van der Waals surface area contributed by atoms with Crippen molar-refractivity contribution in [3.05, 3.63) is 71.8 Å². The molecule has 0 aliphatic carbocycles. The van der Waals surface area contributed by atoms with Crippen LogP contribution in [-0.4, -0.2) is 80.3 Å². The van der Waals surface area contributed by atoms with E-state index in [0.717, 1.165) is 0 Å². The molecule has 13 heteroatoms. The van der Waals surface area contributed by atoms with Crippen LogP contribution in [-0.2, 0) is 20.7 Å². The van der Waals surface area contributed by atoms with E-state index in [0.29, 0.717) is 16.6 Å². The second kappa shape index (κ2) is 15.3. The highest BCUT2D eigenvalue weighted by molar-refractivity contribution is 5.94. The molecule has 2 amide bonds. The zero-order valence-corrected chi connectivity index (χ0v) is 24.0. The summed E-state index contributed by atoms with van der Waals surface area (Å²) >= 11 is 0. The van der Waals surface area contributed by atoms with Gasteiger partial charge in [-0.05, 0) is 69.4 Å². The third-order valence-corrected chi connectivity index (χ3v) is 6.67. The molecular formula is C30H37FN4O8. The highest BCUT2D eigenvalue weighted by atomic mass is 19.1. The van der Waals surface area contributed by atoms with Crippen LogP contribution >= 0.6 is 0 Å². The fourth-order valence-electron chi connectivity index (χ4n) is 4.36. The van der Waals surface area contributed by atoms with Crippen LogP contribution in [0.25, 0.3) is 11.0 Å². The van der Waals surface area contributed by atoms with E-state index in [1.807, 2.05) is 0 Å². The molecule has 43 heavy (non-hydrogen) atoms. The van der Waals surface area contributed by atoms with Crippen LogP contribution in [0.3, 0.4) is 0 Å². The standard InChI is InChI=1S/C30H37FN4O8/c1-30(2,41)11-10-19(27(32)38)14-26(43-29(40)42-17-21(37)16-36)24(13-18-6-5-7-20(31)12-18)35-28(39)25-15-33-22-8-3-4-9-23(22)34-25/h3-9,12,15,19,21,24,26,36-37,41H,10-11,13-14,16-17H2,1-2H3,(H2,32,38)(H,35,39)/t19?,21?,24-,26?/m0/s1. The van der Waals surface area contributed by atoms with Crippen molar-refractivity contribution in [2.75, 3.05) is 13.2 Å². The third kappa shape index (κ3) is 10.9. The summed E-state index contributed by atoms with van der Waals surface area (Å²) in [6.45, 7) is 1.90. The molecule has 6 N–H and O–H groups in total. The van der Waals surface area contributed by atoms with Gasteiger partial charge in [-0.15, -0.1) is 0 Å². The maximum atomic E-state index is 14.1. The summed E-state index contributed by atoms with van der Waals surface area (Å²) in [4.78, 5) is 47.1. The Balaban J connectivity index is 1.96. The minimum absolute atomic E-state index is 0.0381. The van der Waals surface area contributed by atoms with Crippen LogP contribution in [0.15, 0.2) is 54.7 Å². The quantitative estimate of drug-likeness (QED) is 0.161. The predicted molar refractivity (Wildman–Crippen MR) is 153 cm³/mol. The van der Waals surface area contributed by atoms with Gasteiger partial charge in [0.15, 0.2) is 0 Å². The second-order valence-electron chi connectivity index (χ2n) is 10.9. The number of nitrogens with two attached hydrogens (primary N) is 1. The number of ether oxygens (including phenoxy) is 2. The molecule has 2 aromatic carbocycles. The number of aromatic nitrogens is 2. The van der Waals surface area contributed by atoms with Crippen molar-refractivity contribution in [3.8, 4) is 0 Å². The summed E-state index contributed by atoms with van der Waals surface area (Å²) in [5, 5.41) is 31.6. The lowest BCUT2D eigenvalue weighted by Gasteiger charge is -2.30. The zero-order valence-electron chi connectivity index (χ0n) is 24.0. The number of benzene rings is 2. The minimum atomic E-state index is -1.36. The molecule has 0 saturated carbocycles. The fraction of sp³-hybridized carbons (Fsp3) is 0.433. The van der Waals surface area contributed by atoms with Crippen LogP contribution in [0, 0.1) is 11.7 Å². The summed E-state index contributed by atoms with van der Waals surface area (Å²) in [5.74, 6) is -2.83. The molecule has 232 valence electrons. The van der Waals surface area contributed by atoms with Gasteiger partial charge in [-0.3, -0.25) is 14.6 Å². The van der Waals surface area contributed by atoms with Gasteiger partial charge in [0, 0.05) is 5.92 Å². The molecule has 0 radical (unpaired) electrons. The van der Waals surface area contributed by atoms with Crippen molar-refractivity contribution >= 4 is 29.0 Å². The Labute approximate surface area is 248 Å². The summed E-state index contributed by atoms with van der Waals surface area (Å²) in [6.07, 6.45) is -2.48. The van der Waals surface area contributed by atoms with Gasteiger partial charge in [0.05, 0.1) is 35.5 Å². The number of rotatable bonds is 15. The fourth-order valence-corrected chi connectivity index (χ4v) is 4.36. The van der Waals surface area contributed by atoms with E-state index in [1.54, 1.807) is 44.2 Å². The summed E-state index contributed by atoms with van der Waals surface area (Å²) < 4.78 is 24.6. The summed E-state index contributed by atoms with van der Waals surface area (Å²) in [5.41, 5.74) is 6.00. The van der Waals surface area contributed by atoms with Crippen molar-refractivity contribution in [1.29, 1.82) is 0 Å². The molecule has 12 nitrogen and oxygen atoms in total. The van der Waals surface area contributed by atoms with Crippen molar-refractivity contribution < 1.29 is 43.6 Å². The number of primary amides is 1. The first-order valence-electron chi connectivity index (χ1n) is 13.8. The lowest BCUT2D eigenvalue weighted by Crippen LogP contribution is -2.48. The number of hydrogen-bond acceptors (Lipinski definition) is 10. The van der Waals surface area contributed by atoms with E-state index >= 15 is 0 Å². The Hall–Kier alpha value is -4.20. The van der Waals surface area contributed by atoms with Crippen molar-refractivity contribution in [2.45, 2.75) is 63.4 Å². The minimum Gasteiger partial charge on any atom is -0.431 e. The molecule has 3 unspecified atom stereocenters. The van der Waals surface area contributed by atoms with Gasteiger partial charge in [0.1, 0.15) is 30.3 Å². The normalized spacial score (nSPS) is 14.4. The number of nitrogens with one attached hydrogen (secondary N) is 1. The van der Waals surface area contributed by atoms with E-state index in [9.17, 15) is 29.0 Å². The van der Waals surface area contributed by atoms with Gasteiger partial charge in [-0.25, -0.2) is 14.2 Å². The van der Waals surface area contributed by atoms with E-state index in [2.05, 4.69) is 15.3 Å². The number of amides is 2. The predicted octanol–water partition coefficient (Wildman–Crippen LogP) is 2.03. The number of carbonyl (C=O) groups excluding carboxylic acids is 3. The van der Waals surface area contributed by atoms with Gasteiger partial charge in [0.2, 0.25) is 5.91 Å². The van der Waals surface area contributed by atoms with Crippen LogP contribution in [0.1, 0.15) is 49.2 Å². The molecule has 0 fully saturated rings. The number of aliphatic hydroxyl groups excluding tert-OH is 2. The first-order valence-corrected chi connectivity index (χ1v) is 13.8. The largest absolute Gasteiger partial charge is 0.508 e. The molecule has 0 aliphatic rings. The van der Waals surface area contributed by atoms with Gasteiger partial charge >= 0.3 is 6.16 Å². The number of halogens is 1. The highest BCUT2D eigenvalue weighted by Gasteiger charge is 2.34. The number of fused-ring (bicyclic) bond motifs is 1. The summed E-state index contributed by atoms with van der Waals surface area (Å²) in [6, 6.07) is 11.5. The molecule has 1 heterocycles.